The molecule has 1 aliphatic heterocycles. The van der Waals surface area contributed by atoms with Gasteiger partial charge in [0.05, 0.1) is 18.5 Å². The molecule has 0 radical (unpaired) electrons. The zero-order valence-electron chi connectivity index (χ0n) is 16.5. The molecule has 0 spiro atoms. The number of anilines is 1. The molecule has 1 heterocycles. The van der Waals surface area contributed by atoms with Gasteiger partial charge in [0.1, 0.15) is 5.75 Å². The Morgan fingerprint density at radius 1 is 1.29 bits per heavy atom. The number of carbonyl (C=O) groups is 1. The van der Waals surface area contributed by atoms with Crippen molar-refractivity contribution < 1.29 is 13.9 Å². The van der Waals surface area contributed by atoms with Crippen molar-refractivity contribution in [3.05, 3.63) is 57.6 Å². The van der Waals surface area contributed by atoms with Crippen LogP contribution in [-0.4, -0.2) is 18.2 Å². The van der Waals surface area contributed by atoms with E-state index in [-0.39, 0.29) is 18.2 Å². The fourth-order valence-electron chi connectivity index (χ4n) is 3.18. The van der Waals surface area contributed by atoms with Gasteiger partial charge in [-0.25, -0.2) is 4.39 Å². The fourth-order valence-corrected chi connectivity index (χ4v) is 3.53. The number of fused-ring (bicyclic) bond motifs is 1. The first-order valence-corrected chi connectivity index (χ1v) is 10.1. The molecule has 1 aliphatic rings. The van der Waals surface area contributed by atoms with Gasteiger partial charge in [-0.3, -0.25) is 4.79 Å². The molecule has 3 rings (SSSR count). The van der Waals surface area contributed by atoms with Crippen LogP contribution in [0.3, 0.4) is 0 Å². The summed E-state index contributed by atoms with van der Waals surface area (Å²) in [4.78, 5) is 14.5. The molecular formula is C22H24BrFN2O2. The molecule has 28 heavy (non-hydrogen) atoms. The van der Waals surface area contributed by atoms with Crippen LogP contribution >= 0.6 is 15.9 Å². The molecule has 4 nitrogen and oxygen atoms in total. The smallest absolute Gasteiger partial charge is 0.235 e. The Labute approximate surface area is 174 Å². The summed E-state index contributed by atoms with van der Waals surface area (Å²) in [7, 11) is 0. The predicted octanol–water partition coefficient (Wildman–Crippen LogP) is 5.83. The van der Waals surface area contributed by atoms with Crippen molar-refractivity contribution >= 4 is 27.4 Å². The van der Waals surface area contributed by atoms with Gasteiger partial charge in [0, 0.05) is 34.8 Å². The second-order valence-corrected chi connectivity index (χ2v) is 7.18. The fraction of sp³-hybridized carbons (Fsp3) is 0.364. The van der Waals surface area contributed by atoms with Gasteiger partial charge in [0.15, 0.2) is 5.78 Å². The number of rotatable bonds is 5. The molecule has 2 unspecified atom stereocenters. The standard InChI is InChI=1S/C20H18BrFN2O2.C2H6/c1-12-20(25)17-5-4-16(21)10-18(17)24(12)11-15-9-14(7-8-23)3-6-19(15)26-13(2)22;1-2/h3-6,9-10,12-13H,7,11H2,1-2H3;1-2H3. The van der Waals surface area contributed by atoms with Crippen molar-refractivity contribution in [2.75, 3.05) is 4.90 Å². The van der Waals surface area contributed by atoms with Crippen molar-refractivity contribution in [2.24, 2.45) is 0 Å². The lowest BCUT2D eigenvalue weighted by atomic mass is 10.1. The highest BCUT2D eigenvalue weighted by Crippen LogP contribution is 2.37. The molecule has 0 bridgehead atoms. The molecular weight excluding hydrogens is 423 g/mol. The maximum atomic E-state index is 13.4. The Bertz CT molecular complexity index is 893. The number of alkyl halides is 1. The zero-order valence-corrected chi connectivity index (χ0v) is 18.1. The van der Waals surface area contributed by atoms with Crippen molar-refractivity contribution in [1.82, 2.24) is 0 Å². The van der Waals surface area contributed by atoms with Crippen LogP contribution in [0, 0.1) is 11.3 Å². The van der Waals surface area contributed by atoms with E-state index < -0.39 is 6.36 Å². The first-order valence-electron chi connectivity index (χ1n) is 9.30. The van der Waals surface area contributed by atoms with E-state index in [9.17, 15) is 9.18 Å². The maximum absolute atomic E-state index is 13.4. The van der Waals surface area contributed by atoms with Gasteiger partial charge in [-0.1, -0.05) is 35.8 Å². The summed E-state index contributed by atoms with van der Waals surface area (Å²) >= 11 is 3.45. The van der Waals surface area contributed by atoms with Gasteiger partial charge in [0.25, 0.3) is 0 Å². The lowest BCUT2D eigenvalue weighted by molar-refractivity contribution is 0.0847. The molecule has 6 heteroatoms. The summed E-state index contributed by atoms with van der Waals surface area (Å²) in [5.41, 5.74) is 3.08. The number of Topliss-reactive ketones (excluding diaryl/α,β-unsaturated/α-hetero) is 1. The zero-order chi connectivity index (χ0) is 20.8. The number of nitrogens with zero attached hydrogens (tertiary/aromatic N) is 2. The first kappa shape index (κ1) is 21.9. The third-order valence-corrected chi connectivity index (χ3v) is 4.91. The van der Waals surface area contributed by atoms with E-state index in [1.807, 2.05) is 49.9 Å². The number of hydrogen-bond donors (Lipinski definition) is 0. The highest BCUT2D eigenvalue weighted by Gasteiger charge is 2.34. The lowest BCUT2D eigenvalue weighted by Gasteiger charge is -2.25. The Hall–Kier alpha value is -2.39. The molecule has 2 aromatic carbocycles. The van der Waals surface area contributed by atoms with Crippen LogP contribution in [0.1, 0.15) is 49.2 Å². The van der Waals surface area contributed by atoms with Gasteiger partial charge < -0.3 is 9.64 Å². The van der Waals surface area contributed by atoms with Crippen LogP contribution in [0.5, 0.6) is 5.75 Å². The van der Waals surface area contributed by atoms with Crippen molar-refractivity contribution in [1.29, 1.82) is 5.26 Å². The van der Waals surface area contributed by atoms with E-state index in [2.05, 4.69) is 22.0 Å². The molecule has 0 amide bonds. The topological polar surface area (TPSA) is 53.3 Å². The normalized spacial score (nSPS) is 16.0. The van der Waals surface area contributed by atoms with Crippen LogP contribution in [0.4, 0.5) is 10.1 Å². The molecule has 2 atom stereocenters. The monoisotopic (exact) mass is 446 g/mol. The van der Waals surface area contributed by atoms with Crippen LogP contribution in [0.2, 0.25) is 0 Å². The number of hydrogen-bond acceptors (Lipinski definition) is 4. The third-order valence-electron chi connectivity index (χ3n) is 4.42. The van der Waals surface area contributed by atoms with E-state index >= 15 is 0 Å². The predicted molar refractivity (Wildman–Crippen MR) is 112 cm³/mol. The Kier molecular flexibility index (Phi) is 7.59. The van der Waals surface area contributed by atoms with Crippen molar-refractivity contribution in [3.63, 3.8) is 0 Å². The second kappa shape index (κ2) is 9.70. The third kappa shape index (κ3) is 4.71. The lowest BCUT2D eigenvalue weighted by Crippen LogP contribution is -2.32. The second-order valence-electron chi connectivity index (χ2n) is 6.27. The highest BCUT2D eigenvalue weighted by molar-refractivity contribution is 9.10. The number of halogens is 2. The summed E-state index contributed by atoms with van der Waals surface area (Å²) in [5.74, 6) is 0.479. The molecule has 0 saturated carbocycles. The number of benzene rings is 2. The summed E-state index contributed by atoms with van der Waals surface area (Å²) < 4.78 is 19.6. The number of nitriles is 1. The number of carbonyl (C=O) groups excluding carboxylic acids is 1. The Balaban J connectivity index is 0.00000136. The maximum Gasteiger partial charge on any atom is 0.235 e. The molecule has 0 N–H and O–H groups in total. The SMILES string of the molecule is CC.CC(F)Oc1ccc(CC#N)cc1CN1c2cc(Br)ccc2C(=O)C1C. The Morgan fingerprint density at radius 2 is 2.00 bits per heavy atom. The van der Waals surface area contributed by atoms with Gasteiger partial charge in [-0.2, -0.15) is 5.26 Å². The first-order chi connectivity index (χ1) is 13.4. The molecule has 148 valence electrons. The van der Waals surface area contributed by atoms with Crippen LogP contribution in [0.25, 0.3) is 0 Å². The number of ether oxygens (including phenoxy) is 1. The largest absolute Gasteiger partial charge is 0.460 e. The summed E-state index contributed by atoms with van der Waals surface area (Å²) in [6.07, 6.45) is -1.19. The minimum Gasteiger partial charge on any atom is -0.460 e. The highest BCUT2D eigenvalue weighted by atomic mass is 79.9. The van der Waals surface area contributed by atoms with Crippen LogP contribution < -0.4 is 9.64 Å². The van der Waals surface area contributed by atoms with Gasteiger partial charge in [-0.15, -0.1) is 0 Å². The van der Waals surface area contributed by atoms with Crippen LogP contribution in [0.15, 0.2) is 40.9 Å². The van der Waals surface area contributed by atoms with Crippen LogP contribution in [-0.2, 0) is 13.0 Å². The van der Waals surface area contributed by atoms with Crippen molar-refractivity contribution in [2.45, 2.75) is 53.1 Å². The quantitative estimate of drug-likeness (QED) is 0.579. The molecule has 0 aromatic heterocycles. The number of ketones is 1. The van der Waals surface area contributed by atoms with Gasteiger partial charge in [0.2, 0.25) is 6.36 Å². The Morgan fingerprint density at radius 3 is 2.64 bits per heavy atom. The molecule has 0 aliphatic carbocycles. The van der Waals surface area contributed by atoms with Gasteiger partial charge in [-0.05, 0) is 42.8 Å². The molecule has 0 fully saturated rings. The molecule has 0 saturated heterocycles. The van der Waals surface area contributed by atoms with E-state index in [0.29, 0.717) is 17.9 Å². The summed E-state index contributed by atoms with van der Waals surface area (Å²) in [6.45, 7) is 7.56. The minimum atomic E-state index is -1.45. The van der Waals surface area contributed by atoms with E-state index in [1.165, 1.54) is 6.92 Å². The average Bonchev–Trinajstić information content (AvgIpc) is 2.89. The minimum absolute atomic E-state index is 0.0574. The van der Waals surface area contributed by atoms with E-state index in [0.717, 1.165) is 21.3 Å². The summed E-state index contributed by atoms with van der Waals surface area (Å²) in [5, 5.41) is 8.95. The average molecular weight is 447 g/mol. The molecule has 2 aromatic rings. The van der Waals surface area contributed by atoms with Crippen molar-refractivity contribution in [3.8, 4) is 11.8 Å². The van der Waals surface area contributed by atoms with E-state index in [1.54, 1.807) is 12.1 Å². The summed E-state index contributed by atoms with van der Waals surface area (Å²) in [6, 6.07) is 12.6. The van der Waals surface area contributed by atoms with Gasteiger partial charge >= 0.3 is 0 Å². The van der Waals surface area contributed by atoms with E-state index in [4.69, 9.17) is 10.00 Å².